The second-order valence-corrected chi connectivity index (χ2v) is 6.13. The molecule has 2 fully saturated rings. The third-order valence-corrected chi connectivity index (χ3v) is 4.37. The van der Waals surface area contributed by atoms with Gasteiger partial charge in [-0.15, -0.1) is 0 Å². The number of imide groups is 1. The van der Waals surface area contributed by atoms with Gasteiger partial charge in [-0.25, -0.2) is 9.48 Å². The lowest BCUT2D eigenvalue weighted by atomic mass is 9.85. The molecular weight excluding hydrogens is 258 g/mol. The SMILES string of the molecule is CN(C)C(ON1C(=O)[C@H]2[C@H](C1=O)[C@H]1C=C[C@@H]2C1)=[N+](C)C. The third-order valence-electron chi connectivity index (χ3n) is 4.37. The molecule has 0 aromatic rings. The van der Waals surface area contributed by atoms with Gasteiger partial charge in [-0.2, -0.15) is 0 Å². The first-order chi connectivity index (χ1) is 9.41. The molecular formula is C14H20N3O3+. The van der Waals surface area contributed by atoms with Crippen LogP contribution in [0.15, 0.2) is 12.2 Å². The van der Waals surface area contributed by atoms with E-state index in [1.807, 2.05) is 28.2 Å². The van der Waals surface area contributed by atoms with Gasteiger partial charge in [-0.1, -0.05) is 17.2 Å². The molecule has 0 aromatic carbocycles. The van der Waals surface area contributed by atoms with Crippen LogP contribution in [0.2, 0.25) is 0 Å². The zero-order valence-corrected chi connectivity index (χ0v) is 12.2. The summed E-state index contributed by atoms with van der Waals surface area (Å²) in [5.74, 6) is -0.420. The summed E-state index contributed by atoms with van der Waals surface area (Å²) in [6, 6.07) is 0.465. The Hall–Kier alpha value is -1.85. The molecule has 3 rings (SSSR count). The summed E-state index contributed by atoms with van der Waals surface area (Å²) >= 11 is 0. The number of carbonyl (C=O) groups excluding carboxylic acids is 2. The number of hydrogen-bond acceptors (Lipinski definition) is 3. The molecule has 3 aliphatic rings. The Morgan fingerprint density at radius 2 is 1.70 bits per heavy atom. The van der Waals surface area contributed by atoms with Gasteiger partial charge in [0.2, 0.25) is 0 Å². The molecule has 4 atom stereocenters. The Labute approximate surface area is 118 Å². The van der Waals surface area contributed by atoms with E-state index in [0.717, 1.165) is 11.5 Å². The minimum absolute atomic E-state index is 0.196. The number of hydroxylamine groups is 2. The Bertz CT molecular complexity index is 504. The quantitative estimate of drug-likeness (QED) is 0.221. The van der Waals surface area contributed by atoms with Crippen LogP contribution in [0.3, 0.4) is 0 Å². The molecule has 1 saturated heterocycles. The van der Waals surface area contributed by atoms with Gasteiger partial charge in [0, 0.05) is 0 Å². The van der Waals surface area contributed by atoms with Crippen molar-refractivity contribution in [2.45, 2.75) is 6.42 Å². The fourth-order valence-electron chi connectivity index (χ4n) is 3.61. The molecule has 6 heteroatoms. The van der Waals surface area contributed by atoms with Crippen molar-refractivity contribution in [2.75, 3.05) is 28.2 Å². The standard InChI is InChI=1S/C14H20N3O3/c1-15(2)14(16(3)4)20-17-12(18)10-8-5-6-9(7-8)11(10)13(17)19/h5-6,8-11H,7H2,1-4H3/q+1/t8-,9+,10-,11-/m1/s1. The van der Waals surface area contributed by atoms with Gasteiger partial charge in [-0.05, 0) is 18.3 Å². The Morgan fingerprint density at radius 3 is 2.10 bits per heavy atom. The normalized spacial score (nSPS) is 33.7. The van der Waals surface area contributed by atoms with Gasteiger partial charge in [-0.3, -0.25) is 14.4 Å². The number of carbonyl (C=O) groups is 2. The van der Waals surface area contributed by atoms with Gasteiger partial charge in [0.05, 0.1) is 40.0 Å². The van der Waals surface area contributed by atoms with Crippen molar-refractivity contribution >= 4 is 17.8 Å². The number of nitrogens with zero attached hydrogens (tertiary/aromatic N) is 3. The number of amidine groups is 1. The number of allylic oxidation sites excluding steroid dienone is 2. The molecule has 0 N–H and O–H groups in total. The fourth-order valence-corrected chi connectivity index (χ4v) is 3.61. The summed E-state index contributed by atoms with van der Waals surface area (Å²) in [7, 11) is 7.25. The molecule has 1 aliphatic heterocycles. The second-order valence-electron chi connectivity index (χ2n) is 6.13. The topological polar surface area (TPSA) is 52.9 Å². The number of amides is 2. The zero-order chi connectivity index (χ0) is 14.6. The van der Waals surface area contributed by atoms with Gasteiger partial charge in [0.15, 0.2) is 0 Å². The lowest BCUT2D eigenvalue weighted by Crippen LogP contribution is -2.42. The van der Waals surface area contributed by atoms with Crippen molar-refractivity contribution in [3.05, 3.63) is 12.2 Å². The molecule has 2 bridgehead atoms. The van der Waals surface area contributed by atoms with E-state index in [1.54, 1.807) is 9.48 Å². The molecule has 20 heavy (non-hydrogen) atoms. The Morgan fingerprint density at radius 1 is 1.20 bits per heavy atom. The van der Waals surface area contributed by atoms with Crippen LogP contribution in [0.1, 0.15) is 6.42 Å². The van der Waals surface area contributed by atoms with E-state index in [9.17, 15) is 9.59 Å². The summed E-state index contributed by atoms with van der Waals surface area (Å²) in [5, 5.41) is 0.969. The Kier molecular flexibility index (Phi) is 2.84. The van der Waals surface area contributed by atoms with E-state index in [-0.39, 0.29) is 35.5 Å². The molecule has 1 saturated carbocycles. The molecule has 2 aliphatic carbocycles. The van der Waals surface area contributed by atoms with Crippen LogP contribution in [0, 0.1) is 23.7 Å². The maximum absolute atomic E-state index is 12.5. The minimum Gasteiger partial charge on any atom is -0.292 e. The summed E-state index contributed by atoms with van der Waals surface area (Å²) in [6.07, 6.45) is 5.07. The molecule has 0 unspecified atom stereocenters. The Balaban J connectivity index is 1.85. The van der Waals surface area contributed by atoms with E-state index in [1.165, 1.54) is 0 Å². The first kappa shape index (κ1) is 13.1. The predicted molar refractivity (Wildman–Crippen MR) is 71.5 cm³/mol. The molecule has 108 valence electrons. The third kappa shape index (κ3) is 1.67. The highest BCUT2D eigenvalue weighted by molar-refractivity contribution is 6.06. The highest BCUT2D eigenvalue weighted by Gasteiger charge is 2.61. The van der Waals surface area contributed by atoms with Crippen molar-refractivity contribution in [1.82, 2.24) is 9.96 Å². The van der Waals surface area contributed by atoms with Crippen LogP contribution in [0.4, 0.5) is 0 Å². The van der Waals surface area contributed by atoms with Crippen molar-refractivity contribution in [1.29, 1.82) is 0 Å². The summed E-state index contributed by atoms with van der Waals surface area (Å²) in [6.45, 7) is 0. The first-order valence-electron chi connectivity index (χ1n) is 6.87. The second kappa shape index (κ2) is 4.33. The lowest BCUT2D eigenvalue weighted by molar-refractivity contribution is -0.484. The fraction of sp³-hybridized carbons (Fsp3) is 0.643. The van der Waals surface area contributed by atoms with Crippen LogP contribution in [0.25, 0.3) is 0 Å². The highest BCUT2D eigenvalue weighted by atomic mass is 16.7. The van der Waals surface area contributed by atoms with E-state index >= 15 is 0 Å². The number of fused-ring (bicyclic) bond motifs is 5. The van der Waals surface area contributed by atoms with E-state index in [0.29, 0.717) is 6.02 Å². The van der Waals surface area contributed by atoms with Crippen molar-refractivity contribution in [3.63, 3.8) is 0 Å². The zero-order valence-electron chi connectivity index (χ0n) is 12.2. The van der Waals surface area contributed by atoms with E-state index in [2.05, 4.69) is 12.2 Å². The van der Waals surface area contributed by atoms with Gasteiger partial charge < -0.3 is 0 Å². The van der Waals surface area contributed by atoms with Crippen LogP contribution in [-0.2, 0) is 14.4 Å². The average molecular weight is 278 g/mol. The minimum atomic E-state index is -0.219. The van der Waals surface area contributed by atoms with E-state index in [4.69, 9.17) is 4.84 Å². The molecule has 1 heterocycles. The average Bonchev–Trinajstić information content (AvgIpc) is 3.02. The van der Waals surface area contributed by atoms with Crippen LogP contribution >= 0.6 is 0 Å². The number of hydrogen-bond donors (Lipinski definition) is 0. The molecule has 2 amide bonds. The highest BCUT2D eigenvalue weighted by Crippen LogP contribution is 2.52. The van der Waals surface area contributed by atoms with Gasteiger partial charge >= 0.3 is 6.02 Å². The molecule has 0 radical (unpaired) electrons. The van der Waals surface area contributed by atoms with Gasteiger partial charge in [0.1, 0.15) is 0 Å². The van der Waals surface area contributed by atoms with Crippen molar-refractivity contribution in [2.24, 2.45) is 23.7 Å². The number of rotatable bonds is 1. The van der Waals surface area contributed by atoms with Crippen molar-refractivity contribution in [3.8, 4) is 0 Å². The monoisotopic (exact) mass is 278 g/mol. The molecule has 0 spiro atoms. The van der Waals surface area contributed by atoms with Crippen molar-refractivity contribution < 1.29 is 19.0 Å². The summed E-state index contributed by atoms with van der Waals surface area (Å²) < 4.78 is 1.74. The van der Waals surface area contributed by atoms with E-state index < -0.39 is 0 Å². The summed E-state index contributed by atoms with van der Waals surface area (Å²) in [5.41, 5.74) is 0. The maximum Gasteiger partial charge on any atom is 0.470 e. The van der Waals surface area contributed by atoms with Crippen LogP contribution in [-0.4, -0.2) is 60.6 Å². The maximum atomic E-state index is 12.5. The smallest absolute Gasteiger partial charge is 0.292 e. The summed E-state index contributed by atoms with van der Waals surface area (Å²) in [4.78, 5) is 32.3. The molecule has 0 aromatic heterocycles. The van der Waals surface area contributed by atoms with Gasteiger partial charge in [0.25, 0.3) is 11.8 Å². The molecule has 6 nitrogen and oxygen atoms in total. The van der Waals surface area contributed by atoms with Crippen LogP contribution in [0.5, 0.6) is 0 Å². The van der Waals surface area contributed by atoms with Crippen LogP contribution < -0.4 is 0 Å². The largest absolute Gasteiger partial charge is 0.470 e. The lowest BCUT2D eigenvalue weighted by Gasteiger charge is -2.18. The first-order valence-corrected chi connectivity index (χ1v) is 6.87. The predicted octanol–water partition coefficient (Wildman–Crippen LogP) is -0.0852.